The van der Waals surface area contributed by atoms with Crippen LogP contribution in [0.3, 0.4) is 0 Å². The van der Waals surface area contributed by atoms with Gasteiger partial charge in [-0.3, -0.25) is 0 Å². The number of benzene rings is 3. The Balaban J connectivity index is 1.18. The molecule has 0 radical (unpaired) electrons. The van der Waals surface area contributed by atoms with Crippen LogP contribution in [0.2, 0.25) is 0 Å². The van der Waals surface area contributed by atoms with Gasteiger partial charge in [-0.05, 0) is 107 Å². The molecule has 0 aromatic heterocycles. The summed E-state index contributed by atoms with van der Waals surface area (Å²) in [7, 11) is 0. The van der Waals surface area contributed by atoms with Gasteiger partial charge in [0.05, 0.1) is 13.2 Å². The summed E-state index contributed by atoms with van der Waals surface area (Å²) in [5.74, 6) is 24.8. The van der Waals surface area contributed by atoms with E-state index in [1.54, 1.807) is 0 Å². The SMILES string of the molecule is CCCCCC#CC#CCCCCCCCCCCCCOCc1cccc2cc3c(COCCCCCCCCCCCCC#CC#CCCCCC)cccc3cc12. The number of hydrogen-bond donors (Lipinski definition) is 0. The highest BCUT2D eigenvalue weighted by atomic mass is 16.5. The van der Waals surface area contributed by atoms with Crippen LogP contribution in [0.4, 0.5) is 0 Å². The van der Waals surface area contributed by atoms with Gasteiger partial charge in [-0.25, -0.2) is 0 Å². The fourth-order valence-electron chi connectivity index (χ4n) is 7.81. The molecule has 0 saturated carbocycles. The van der Waals surface area contributed by atoms with Crippen LogP contribution in [0.5, 0.6) is 0 Å². The van der Waals surface area contributed by atoms with Crippen LogP contribution in [0, 0.1) is 47.4 Å². The molecule has 3 aromatic rings. The second-order valence-electron chi connectivity index (χ2n) is 16.9. The van der Waals surface area contributed by atoms with Gasteiger partial charge in [0.25, 0.3) is 0 Å². The Kier molecular flexibility index (Phi) is 31.4. The van der Waals surface area contributed by atoms with Gasteiger partial charge in [0.2, 0.25) is 0 Å². The number of rotatable bonds is 34. The highest BCUT2D eigenvalue weighted by molar-refractivity contribution is 6.00. The molecule has 2 nitrogen and oxygen atoms in total. The monoisotopic (exact) mass is 811 g/mol. The van der Waals surface area contributed by atoms with Crippen molar-refractivity contribution in [1.82, 2.24) is 0 Å². The molecule has 3 aromatic carbocycles. The topological polar surface area (TPSA) is 18.5 Å². The minimum atomic E-state index is 0.676. The van der Waals surface area contributed by atoms with E-state index in [0.29, 0.717) is 13.2 Å². The maximum Gasteiger partial charge on any atom is 0.0722 e. The van der Waals surface area contributed by atoms with Crippen molar-refractivity contribution in [1.29, 1.82) is 0 Å². The summed E-state index contributed by atoms with van der Waals surface area (Å²) in [6, 6.07) is 18.0. The molecule has 0 aliphatic carbocycles. The lowest BCUT2D eigenvalue weighted by molar-refractivity contribution is 0.117. The Morgan fingerprint density at radius 3 is 0.983 bits per heavy atom. The lowest BCUT2D eigenvalue weighted by Gasteiger charge is -2.12. The van der Waals surface area contributed by atoms with E-state index in [1.165, 1.54) is 187 Å². The van der Waals surface area contributed by atoms with Crippen molar-refractivity contribution in [2.45, 2.75) is 220 Å². The zero-order valence-corrected chi connectivity index (χ0v) is 38.5. The van der Waals surface area contributed by atoms with Gasteiger partial charge in [-0.1, -0.05) is 202 Å². The predicted octanol–water partition coefficient (Wildman–Crippen LogP) is 16.8. The molecule has 0 fully saturated rings. The number of hydrogen-bond acceptors (Lipinski definition) is 2. The minimum absolute atomic E-state index is 0.676. The summed E-state index contributed by atoms with van der Waals surface area (Å²) >= 11 is 0. The first-order valence-corrected chi connectivity index (χ1v) is 24.8. The van der Waals surface area contributed by atoms with Crippen LogP contribution >= 0.6 is 0 Å². The summed E-state index contributed by atoms with van der Waals surface area (Å²) in [5, 5.41) is 5.18. The third-order valence-electron chi connectivity index (χ3n) is 11.5. The van der Waals surface area contributed by atoms with Crippen LogP contribution in [0.25, 0.3) is 21.5 Å². The molecule has 3 rings (SSSR count). The molecule has 0 unspecified atom stereocenters. The summed E-state index contributed by atoms with van der Waals surface area (Å²) in [6.45, 7) is 7.49. The Morgan fingerprint density at radius 2 is 0.650 bits per heavy atom. The smallest absolute Gasteiger partial charge is 0.0722 e. The first-order chi connectivity index (χ1) is 29.8. The van der Waals surface area contributed by atoms with Crippen molar-refractivity contribution in [3.05, 3.63) is 59.7 Å². The van der Waals surface area contributed by atoms with Gasteiger partial charge in [-0.15, -0.1) is 0 Å². The van der Waals surface area contributed by atoms with Crippen molar-refractivity contribution >= 4 is 21.5 Å². The van der Waals surface area contributed by atoms with Gasteiger partial charge in [0.15, 0.2) is 0 Å². The fraction of sp³-hybridized carbons (Fsp3) is 0.621. The van der Waals surface area contributed by atoms with Crippen molar-refractivity contribution in [3.8, 4) is 47.4 Å². The maximum atomic E-state index is 6.21. The average molecular weight is 811 g/mol. The molecule has 60 heavy (non-hydrogen) atoms. The minimum Gasteiger partial charge on any atom is -0.377 e. The Hall–Kier alpha value is -3.66. The molecule has 2 heteroatoms. The van der Waals surface area contributed by atoms with Crippen LogP contribution < -0.4 is 0 Å². The van der Waals surface area contributed by atoms with Crippen molar-refractivity contribution < 1.29 is 9.47 Å². The molecule has 0 saturated heterocycles. The van der Waals surface area contributed by atoms with Gasteiger partial charge in [0.1, 0.15) is 0 Å². The highest BCUT2D eigenvalue weighted by Crippen LogP contribution is 2.29. The van der Waals surface area contributed by atoms with Crippen molar-refractivity contribution in [2.24, 2.45) is 0 Å². The van der Waals surface area contributed by atoms with Crippen LogP contribution in [0.15, 0.2) is 48.5 Å². The molecule has 0 spiro atoms. The standard InChI is InChI=1S/C58H82O2/c1-3-5-7-9-11-13-15-17-19-21-23-25-27-29-31-33-35-37-39-47-59-51-55-45-41-43-53-50-58-54(49-57(53)55)44-42-46-56(58)52-60-48-40-38-36-34-32-30-28-26-24-22-20-18-16-14-12-10-8-6-4-2/h41-46,49-50H,3-10,19-40,47-48,51-52H2,1-2H3. The Labute approximate surface area is 369 Å². The van der Waals surface area contributed by atoms with E-state index in [2.05, 4.69) is 110 Å². The van der Waals surface area contributed by atoms with Crippen molar-refractivity contribution in [3.63, 3.8) is 0 Å². The van der Waals surface area contributed by atoms with E-state index in [-0.39, 0.29) is 0 Å². The Morgan fingerprint density at radius 1 is 0.350 bits per heavy atom. The van der Waals surface area contributed by atoms with Gasteiger partial charge >= 0.3 is 0 Å². The van der Waals surface area contributed by atoms with E-state index in [9.17, 15) is 0 Å². The molecule has 326 valence electrons. The largest absolute Gasteiger partial charge is 0.377 e. The normalized spacial score (nSPS) is 10.7. The van der Waals surface area contributed by atoms with Crippen LogP contribution in [-0.2, 0) is 22.7 Å². The fourth-order valence-corrected chi connectivity index (χ4v) is 7.81. The number of fused-ring (bicyclic) bond motifs is 2. The van der Waals surface area contributed by atoms with Crippen molar-refractivity contribution in [2.75, 3.05) is 13.2 Å². The highest BCUT2D eigenvalue weighted by Gasteiger charge is 2.07. The summed E-state index contributed by atoms with van der Waals surface area (Å²) in [4.78, 5) is 0. The van der Waals surface area contributed by atoms with E-state index >= 15 is 0 Å². The zero-order chi connectivity index (χ0) is 42.2. The number of ether oxygens (including phenoxy) is 2. The molecular formula is C58H82O2. The molecule has 0 bridgehead atoms. The van der Waals surface area contributed by atoms with Gasteiger partial charge in [-0.2, -0.15) is 0 Å². The average Bonchev–Trinajstić information content (AvgIpc) is 3.27. The molecule has 0 aliphatic rings. The third-order valence-corrected chi connectivity index (χ3v) is 11.5. The molecule has 0 heterocycles. The molecule has 0 atom stereocenters. The summed E-state index contributed by atoms with van der Waals surface area (Å²) in [6.07, 6.45) is 37.5. The Bertz CT molecular complexity index is 1650. The van der Waals surface area contributed by atoms with Crippen LogP contribution in [-0.4, -0.2) is 13.2 Å². The maximum absolute atomic E-state index is 6.21. The van der Waals surface area contributed by atoms with E-state index in [4.69, 9.17) is 9.47 Å². The summed E-state index contributed by atoms with van der Waals surface area (Å²) < 4.78 is 12.4. The molecule has 0 N–H and O–H groups in total. The van der Waals surface area contributed by atoms with Gasteiger partial charge < -0.3 is 9.47 Å². The first kappa shape index (κ1) is 50.7. The quantitative estimate of drug-likeness (QED) is 0.0340. The van der Waals surface area contributed by atoms with E-state index < -0.39 is 0 Å². The number of unbranched alkanes of at least 4 members (excludes halogenated alkanes) is 26. The van der Waals surface area contributed by atoms with E-state index in [1.807, 2.05) is 0 Å². The molecule has 0 amide bonds. The second kappa shape index (κ2) is 37.1. The first-order valence-electron chi connectivity index (χ1n) is 24.8. The lowest BCUT2D eigenvalue weighted by atomic mass is 9.97. The van der Waals surface area contributed by atoms with E-state index in [0.717, 1.165) is 51.7 Å². The lowest BCUT2D eigenvalue weighted by Crippen LogP contribution is -1.98. The molecule has 0 aliphatic heterocycles. The van der Waals surface area contributed by atoms with Gasteiger partial charge in [0, 0.05) is 38.9 Å². The summed E-state index contributed by atoms with van der Waals surface area (Å²) in [5.41, 5.74) is 2.57. The third kappa shape index (κ3) is 25.2. The zero-order valence-electron chi connectivity index (χ0n) is 38.5. The second-order valence-corrected chi connectivity index (χ2v) is 16.9. The predicted molar refractivity (Wildman–Crippen MR) is 262 cm³/mol. The molecular weight excluding hydrogens is 729 g/mol. The van der Waals surface area contributed by atoms with Crippen LogP contribution in [0.1, 0.15) is 218 Å².